The minimum Gasteiger partial charge on any atom is -0.478 e. The van der Waals surface area contributed by atoms with E-state index in [1.54, 1.807) is 11.9 Å². The van der Waals surface area contributed by atoms with Crippen molar-refractivity contribution in [3.8, 4) is 0 Å². The minimum absolute atomic E-state index is 0.000235. The SMILES string of the molecule is CC.CN(Cc1cnn(C[C@@H]2[C@H](CC(=O)/C(=N\OC3(C(=O)O)CC3)c3csc(N)n3)C(=O)N2S(=O)(=O)O)n1)C(=N)CCCCN. The van der Waals surface area contributed by atoms with E-state index in [2.05, 4.69) is 20.3 Å². The normalized spacial score (nSPS) is 18.8. The Kier molecular flexibility index (Phi) is 11.7. The number of oxime groups is 1. The van der Waals surface area contributed by atoms with Crippen LogP contribution in [0.1, 0.15) is 63.8 Å². The van der Waals surface area contributed by atoms with Crippen molar-refractivity contribution in [2.24, 2.45) is 16.8 Å². The molecule has 1 saturated heterocycles. The second-order valence-electron chi connectivity index (χ2n) is 10.3. The van der Waals surface area contributed by atoms with Crippen LogP contribution in [-0.2, 0) is 42.6 Å². The molecule has 1 aliphatic heterocycles. The molecule has 0 bridgehead atoms. The van der Waals surface area contributed by atoms with Gasteiger partial charge in [-0.3, -0.25) is 19.6 Å². The Morgan fingerprint density at radius 1 is 1.31 bits per heavy atom. The lowest BCUT2D eigenvalue weighted by atomic mass is 9.84. The maximum atomic E-state index is 13.4. The molecule has 0 spiro atoms. The highest BCUT2D eigenvalue weighted by Crippen LogP contribution is 2.40. The molecule has 2 aromatic rings. The van der Waals surface area contributed by atoms with Crippen molar-refractivity contribution in [2.45, 2.75) is 77.1 Å². The molecule has 2 aliphatic rings. The Balaban J connectivity index is 0.00000271. The summed E-state index contributed by atoms with van der Waals surface area (Å²) in [5.41, 5.74) is 9.70. The van der Waals surface area contributed by atoms with E-state index in [0.29, 0.717) is 24.5 Å². The number of nitrogens with two attached hydrogens (primary N) is 2. The fourth-order valence-corrected chi connectivity index (χ4v) is 5.90. The summed E-state index contributed by atoms with van der Waals surface area (Å²) in [6, 6.07) is -1.23. The van der Waals surface area contributed by atoms with Crippen LogP contribution in [0.25, 0.3) is 0 Å². The number of unbranched alkanes of at least 4 members (excludes halogenated alkanes) is 1. The number of amidine groups is 1. The van der Waals surface area contributed by atoms with Crippen LogP contribution in [0, 0.1) is 11.3 Å². The number of aromatic nitrogens is 4. The van der Waals surface area contributed by atoms with E-state index in [-0.39, 0.29) is 46.8 Å². The predicted octanol–water partition coefficient (Wildman–Crippen LogP) is 0.508. The number of carboxylic acids is 1. The maximum Gasteiger partial charge on any atom is 0.362 e. The van der Waals surface area contributed by atoms with Crippen LogP contribution >= 0.6 is 11.3 Å². The highest BCUT2D eigenvalue weighted by Gasteiger charge is 2.56. The highest BCUT2D eigenvalue weighted by atomic mass is 32.2. The zero-order chi connectivity index (χ0) is 33.5. The van der Waals surface area contributed by atoms with Crippen molar-refractivity contribution in [3.05, 3.63) is 23.0 Å². The van der Waals surface area contributed by atoms with E-state index in [1.165, 1.54) is 11.6 Å². The lowest BCUT2D eigenvalue weighted by Gasteiger charge is -2.43. The lowest BCUT2D eigenvalue weighted by molar-refractivity contribution is -0.153. The van der Waals surface area contributed by atoms with Crippen LogP contribution in [0.5, 0.6) is 0 Å². The van der Waals surface area contributed by atoms with Gasteiger partial charge in [0.15, 0.2) is 16.6 Å². The number of carboxylic acid groups (broad SMARTS) is 1. The third-order valence-electron chi connectivity index (χ3n) is 7.05. The molecule has 4 rings (SSSR count). The second kappa shape index (κ2) is 14.8. The maximum absolute atomic E-state index is 13.4. The van der Waals surface area contributed by atoms with Crippen molar-refractivity contribution in [2.75, 3.05) is 19.3 Å². The van der Waals surface area contributed by atoms with E-state index in [0.717, 1.165) is 29.0 Å². The van der Waals surface area contributed by atoms with Gasteiger partial charge in [-0.1, -0.05) is 19.0 Å². The monoisotopic (exact) mass is 670 g/mol. The summed E-state index contributed by atoms with van der Waals surface area (Å²) in [4.78, 5) is 49.7. The number of nitrogens with one attached hydrogen (secondary N) is 1. The van der Waals surface area contributed by atoms with Gasteiger partial charge >= 0.3 is 16.3 Å². The number of aliphatic carboxylic acids is 1. The minimum atomic E-state index is -4.98. The molecule has 2 atom stereocenters. The number of β-lactam (4-membered cyclic amide) rings is 1. The molecule has 0 radical (unpaired) electrons. The Labute approximate surface area is 263 Å². The van der Waals surface area contributed by atoms with Crippen LogP contribution in [0.3, 0.4) is 0 Å². The summed E-state index contributed by atoms with van der Waals surface area (Å²) in [7, 11) is -3.26. The van der Waals surface area contributed by atoms with Crippen LogP contribution < -0.4 is 11.5 Å². The molecule has 2 aromatic heterocycles. The Bertz CT molecular complexity index is 1540. The number of hydrogen-bond acceptors (Lipinski definition) is 14. The fraction of sp³-hybridized carbons (Fsp3) is 0.600. The molecule has 1 saturated carbocycles. The molecule has 2 fully saturated rings. The van der Waals surface area contributed by atoms with Crippen LogP contribution in [-0.4, -0.2) is 102 Å². The van der Waals surface area contributed by atoms with Crippen LogP contribution in [0.4, 0.5) is 5.13 Å². The number of Topliss-reactive ketones (excluding diaryl/α,β-unsaturated/α-hetero) is 1. The molecule has 1 aliphatic carbocycles. The van der Waals surface area contributed by atoms with Gasteiger partial charge in [0.1, 0.15) is 11.4 Å². The molecule has 18 nitrogen and oxygen atoms in total. The number of thiazole rings is 1. The number of nitrogens with zero attached hydrogens (tertiary/aromatic N) is 7. The number of hydrogen-bond donors (Lipinski definition) is 5. The molecular formula is C25H38N10O8S2. The molecule has 0 aromatic carbocycles. The number of carbonyl (C=O) groups excluding carboxylic acids is 2. The molecule has 45 heavy (non-hydrogen) atoms. The van der Waals surface area contributed by atoms with Gasteiger partial charge in [-0.15, -0.1) is 11.3 Å². The van der Waals surface area contributed by atoms with Gasteiger partial charge in [0.25, 0.3) is 0 Å². The third-order valence-corrected chi connectivity index (χ3v) is 8.67. The van der Waals surface area contributed by atoms with Crippen LogP contribution in [0.15, 0.2) is 16.7 Å². The predicted molar refractivity (Wildman–Crippen MR) is 163 cm³/mol. The van der Waals surface area contributed by atoms with Gasteiger partial charge < -0.3 is 26.3 Å². The Morgan fingerprint density at radius 2 is 2.00 bits per heavy atom. The summed E-state index contributed by atoms with van der Waals surface area (Å²) in [5.74, 6) is -3.91. The molecule has 0 unspecified atom stereocenters. The van der Waals surface area contributed by atoms with E-state index >= 15 is 0 Å². The standard InChI is InChI=1S/C23H32N10O8S2.C2H6/c1-31(18(25)4-2-3-7-24)10-13-9-27-32(29-13)11-16-14(20(35)33(16)43(38,39)40)8-17(34)19(15-12-42-22(26)28-15)30-41-23(5-6-23)21(36)37;1-2/h9,12,14,16,25H,2-8,10-11,24H2,1H3,(H2,26,28)(H,36,37)(H,38,39,40);1-2H3/b25-18?,30-19-;/t14-,16+;/m0./s1. The first-order valence-corrected chi connectivity index (χ1v) is 16.5. The number of anilines is 1. The van der Waals surface area contributed by atoms with E-state index in [1.807, 2.05) is 13.8 Å². The first kappa shape index (κ1) is 35.5. The first-order valence-electron chi connectivity index (χ1n) is 14.2. The lowest BCUT2D eigenvalue weighted by Crippen LogP contribution is -2.64. The summed E-state index contributed by atoms with van der Waals surface area (Å²) >= 11 is 0.996. The smallest absolute Gasteiger partial charge is 0.362 e. The molecule has 248 valence electrons. The molecule has 3 heterocycles. The summed E-state index contributed by atoms with van der Waals surface area (Å²) in [5, 5.41) is 31.3. The zero-order valence-corrected chi connectivity index (χ0v) is 26.8. The fourth-order valence-electron chi connectivity index (χ4n) is 4.43. The summed E-state index contributed by atoms with van der Waals surface area (Å²) in [6.07, 6.45) is 3.32. The van der Waals surface area contributed by atoms with Crippen molar-refractivity contribution in [1.82, 2.24) is 29.2 Å². The summed E-state index contributed by atoms with van der Waals surface area (Å²) in [6.45, 7) is 4.49. The van der Waals surface area contributed by atoms with E-state index < -0.39 is 51.9 Å². The van der Waals surface area contributed by atoms with Crippen molar-refractivity contribution in [1.29, 1.82) is 5.41 Å². The Morgan fingerprint density at radius 3 is 2.56 bits per heavy atom. The summed E-state index contributed by atoms with van der Waals surface area (Å²) < 4.78 is 33.9. The second-order valence-corrected chi connectivity index (χ2v) is 12.4. The number of amides is 1. The average Bonchev–Trinajstić information content (AvgIpc) is 3.46. The number of ketones is 1. The zero-order valence-electron chi connectivity index (χ0n) is 25.1. The van der Waals surface area contributed by atoms with Gasteiger partial charge in [-0.25, -0.2) is 14.1 Å². The average molecular weight is 671 g/mol. The van der Waals surface area contributed by atoms with E-state index in [4.69, 9.17) is 21.7 Å². The molecule has 7 N–H and O–H groups in total. The molecule has 1 amide bonds. The van der Waals surface area contributed by atoms with E-state index in [9.17, 15) is 32.5 Å². The van der Waals surface area contributed by atoms with Gasteiger partial charge in [-0.2, -0.15) is 23.4 Å². The van der Waals surface area contributed by atoms with Gasteiger partial charge in [0.05, 0.1) is 37.1 Å². The van der Waals surface area contributed by atoms with Crippen molar-refractivity contribution < 1.29 is 37.3 Å². The topological polar surface area (TPSA) is 273 Å². The van der Waals surface area contributed by atoms with Crippen molar-refractivity contribution >= 4 is 56.0 Å². The number of carbonyl (C=O) groups is 3. The quantitative estimate of drug-likeness (QED) is 0.0406. The largest absolute Gasteiger partial charge is 0.478 e. The molecule has 20 heteroatoms. The van der Waals surface area contributed by atoms with Gasteiger partial charge in [0.2, 0.25) is 11.5 Å². The highest BCUT2D eigenvalue weighted by molar-refractivity contribution is 7.84. The first-order chi connectivity index (χ1) is 21.3. The van der Waals surface area contributed by atoms with Gasteiger partial charge in [-0.05, 0) is 19.4 Å². The third kappa shape index (κ3) is 8.59. The van der Waals surface area contributed by atoms with Crippen LogP contribution in [0.2, 0.25) is 0 Å². The molecular weight excluding hydrogens is 632 g/mol. The van der Waals surface area contributed by atoms with Crippen molar-refractivity contribution in [3.63, 3.8) is 0 Å². The van der Waals surface area contributed by atoms with Gasteiger partial charge in [0, 0.05) is 38.1 Å². The Hall–Kier alpha value is -4.01. The number of rotatable bonds is 16. The number of nitrogen functional groups attached to an aromatic ring is 1.